The molecule has 0 unspecified atom stereocenters. The summed E-state index contributed by atoms with van der Waals surface area (Å²) in [5.41, 5.74) is 6.73. The Morgan fingerprint density at radius 1 is 1.11 bits per heavy atom. The molecule has 0 aliphatic heterocycles. The van der Waals surface area contributed by atoms with Crippen LogP contribution in [0.4, 0.5) is 13.2 Å². The Kier molecular flexibility index (Phi) is 3.58. The summed E-state index contributed by atoms with van der Waals surface area (Å²) in [6, 6.07) is 9.02. The highest BCUT2D eigenvalue weighted by molar-refractivity contribution is 7.10. The second-order valence-electron chi connectivity index (χ2n) is 3.61. The minimum absolute atomic E-state index is 0.246. The second kappa shape index (κ2) is 4.99. The first-order chi connectivity index (χ1) is 8.46. The summed E-state index contributed by atoms with van der Waals surface area (Å²) in [6.07, 6.45) is -4.67. The lowest BCUT2D eigenvalue weighted by atomic mass is 10.1. The van der Waals surface area contributed by atoms with Gasteiger partial charge in [-0.2, -0.15) is 0 Å². The molecule has 1 heterocycles. The van der Waals surface area contributed by atoms with Gasteiger partial charge in [-0.15, -0.1) is 24.5 Å². The lowest BCUT2D eigenvalue weighted by Gasteiger charge is -2.12. The Balaban J connectivity index is 2.13. The average Bonchev–Trinajstić information content (AvgIpc) is 2.80. The number of rotatable bonds is 3. The number of hydrogen-bond acceptors (Lipinski definition) is 3. The van der Waals surface area contributed by atoms with Gasteiger partial charge < -0.3 is 10.5 Å². The molecule has 0 saturated carbocycles. The van der Waals surface area contributed by atoms with E-state index in [4.69, 9.17) is 5.73 Å². The fourth-order valence-electron chi connectivity index (χ4n) is 1.51. The highest BCUT2D eigenvalue weighted by atomic mass is 32.1. The third-order valence-corrected chi connectivity index (χ3v) is 3.28. The van der Waals surface area contributed by atoms with Crippen LogP contribution in [0.25, 0.3) is 0 Å². The predicted octanol–water partition coefficient (Wildman–Crippen LogP) is 3.69. The Hall–Kier alpha value is -1.53. The molecule has 0 amide bonds. The van der Waals surface area contributed by atoms with Crippen LogP contribution in [0.2, 0.25) is 0 Å². The summed E-state index contributed by atoms with van der Waals surface area (Å²) in [7, 11) is 0. The summed E-state index contributed by atoms with van der Waals surface area (Å²) >= 11 is 1.50. The number of alkyl halides is 3. The Labute approximate surface area is 106 Å². The van der Waals surface area contributed by atoms with Gasteiger partial charge in [0, 0.05) is 4.88 Å². The molecule has 2 nitrogen and oxygen atoms in total. The highest BCUT2D eigenvalue weighted by Crippen LogP contribution is 2.27. The lowest BCUT2D eigenvalue weighted by molar-refractivity contribution is -0.274. The van der Waals surface area contributed by atoms with Gasteiger partial charge in [0.25, 0.3) is 0 Å². The van der Waals surface area contributed by atoms with Gasteiger partial charge in [-0.25, -0.2) is 0 Å². The molecule has 0 aliphatic carbocycles. The van der Waals surface area contributed by atoms with Crippen LogP contribution in [0.15, 0.2) is 41.8 Å². The van der Waals surface area contributed by atoms with E-state index in [1.54, 1.807) is 0 Å². The van der Waals surface area contributed by atoms with E-state index in [9.17, 15) is 13.2 Å². The SMILES string of the molecule is N[C@@H](c1ccc(OC(F)(F)F)cc1)c1cccs1. The molecular formula is C12H10F3NOS. The fourth-order valence-corrected chi connectivity index (χ4v) is 2.26. The Bertz CT molecular complexity index is 493. The number of nitrogens with two attached hydrogens (primary N) is 1. The van der Waals surface area contributed by atoms with Crippen LogP contribution in [-0.2, 0) is 0 Å². The topological polar surface area (TPSA) is 35.2 Å². The van der Waals surface area contributed by atoms with Crippen molar-refractivity contribution in [3.63, 3.8) is 0 Å². The molecule has 2 aromatic rings. The van der Waals surface area contributed by atoms with E-state index < -0.39 is 6.36 Å². The first-order valence-electron chi connectivity index (χ1n) is 5.10. The van der Waals surface area contributed by atoms with Gasteiger partial charge in [0.15, 0.2) is 0 Å². The van der Waals surface area contributed by atoms with E-state index in [0.717, 1.165) is 10.4 Å². The van der Waals surface area contributed by atoms with E-state index >= 15 is 0 Å². The summed E-state index contributed by atoms with van der Waals surface area (Å²) < 4.78 is 39.7. The normalized spacial score (nSPS) is 13.3. The van der Waals surface area contributed by atoms with E-state index in [2.05, 4.69) is 4.74 Å². The Morgan fingerprint density at radius 2 is 1.78 bits per heavy atom. The maximum absolute atomic E-state index is 12.0. The molecule has 6 heteroatoms. The van der Waals surface area contributed by atoms with Gasteiger partial charge >= 0.3 is 6.36 Å². The van der Waals surface area contributed by atoms with Crippen LogP contribution in [0.1, 0.15) is 16.5 Å². The van der Waals surface area contributed by atoms with E-state index in [0.29, 0.717) is 0 Å². The molecule has 0 fully saturated rings. The molecule has 0 radical (unpaired) electrons. The second-order valence-corrected chi connectivity index (χ2v) is 4.59. The van der Waals surface area contributed by atoms with Crippen LogP contribution in [0, 0.1) is 0 Å². The number of ether oxygens (including phenoxy) is 1. The maximum atomic E-state index is 12.0. The molecule has 0 bridgehead atoms. The van der Waals surface area contributed by atoms with Crippen molar-refractivity contribution in [3.05, 3.63) is 52.2 Å². The number of hydrogen-bond donors (Lipinski definition) is 1. The van der Waals surface area contributed by atoms with Gasteiger partial charge in [-0.3, -0.25) is 0 Å². The van der Waals surface area contributed by atoms with Crippen molar-refractivity contribution >= 4 is 11.3 Å². The molecule has 2 N–H and O–H groups in total. The van der Waals surface area contributed by atoms with Gasteiger partial charge in [0.05, 0.1) is 6.04 Å². The van der Waals surface area contributed by atoms with E-state index in [-0.39, 0.29) is 11.8 Å². The molecule has 0 saturated heterocycles. The molecule has 0 spiro atoms. The van der Waals surface area contributed by atoms with Crippen LogP contribution in [0.3, 0.4) is 0 Å². The van der Waals surface area contributed by atoms with Crippen molar-refractivity contribution in [2.24, 2.45) is 5.73 Å². The minimum atomic E-state index is -4.67. The van der Waals surface area contributed by atoms with Crippen LogP contribution < -0.4 is 10.5 Å². The number of benzene rings is 1. The van der Waals surface area contributed by atoms with Gasteiger partial charge in [-0.05, 0) is 29.1 Å². The van der Waals surface area contributed by atoms with Crippen molar-refractivity contribution in [1.82, 2.24) is 0 Å². The van der Waals surface area contributed by atoms with Crippen molar-refractivity contribution in [2.45, 2.75) is 12.4 Å². The van der Waals surface area contributed by atoms with Crippen molar-refractivity contribution in [1.29, 1.82) is 0 Å². The first kappa shape index (κ1) is 12.9. The summed E-state index contributed by atoms with van der Waals surface area (Å²) in [5.74, 6) is -0.246. The van der Waals surface area contributed by atoms with Crippen LogP contribution in [0.5, 0.6) is 5.75 Å². The third-order valence-electron chi connectivity index (χ3n) is 2.32. The van der Waals surface area contributed by atoms with Gasteiger partial charge in [0.1, 0.15) is 5.75 Å². The molecule has 96 valence electrons. The number of halogens is 3. The molecule has 18 heavy (non-hydrogen) atoms. The molecule has 2 rings (SSSR count). The van der Waals surface area contributed by atoms with E-state index in [1.165, 1.54) is 35.6 Å². The summed E-state index contributed by atoms with van der Waals surface area (Å²) in [5, 5.41) is 1.90. The molecule has 1 atom stereocenters. The van der Waals surface area contributed by atoms with Gasteiger partial charge in [-0.1, -0.05) is 18.2 Å². The predicted molar refractivity (Wildman–Crippen MR) is 63.5 cm³/mol. The van der Waals surface area contributed by atoms with E-state index in [1.807, 2.05) is 17.5 Å². The molecule has 1 aromatic carbocycles. The van der Waals surface area contributed by atoms with Crippen LogP contribution in [-0.4, -0.2) is 6.36 Å². The van der Waals surface area contributed by atoms with Crippen molar-refractivity contribution in [2.75, 3.05) is 0 Å². The lowest BCUT2D eigenvalue weighted by Crippen LogP contribution is -2.17. The van der Waals surface area contributed by atoms with Crippen LogP contribution >= 0.6 is 11.3 Å². The van der Waals surface area contributed by atoms with Crippen molar-refractivity contribution < 1.29 is 17.9 Å². The standard InChI is InChI=1S/C12H10F3NOS/c13-12(14,15)17-9-5-3-8(4-6-9)11(16)10-2-1-7-18-10/h1-7,11H,16H2/t11-/m0/s1. The fraction of sp³-hybridized carbons (Fsp3) is 0.167. The average molecular weight is 273 g/mol. The Morgan fingerprint density at radius 3 is 2.28 bits per heavy atom. The minimum Gasteiger partial charge on any atom is -0.406 e. The first-order valence-corrected chi connectivity index (χ1v) is 5.98. The van der Waals surface area contributed by atoms with Gasteiger partial charge in [0.2, 0.25) is 0 Å². The maximum Gasteiger partial charge on any atom is 0.573 e. The molecule has 0 aliphatic rings. The zero-order valence-electron chi connectivity index (χ0n) is 9.15. The highest BCUT2D eigenvalue weighted by Gasteiger charge is 2.31. The number of thiophene rings is 1. The zero-order chi connectivity index (χ0) is 13.2. The quantitative estimate of drug-likeness (QED) is 0.925. The summed E-state index contributed by atoms with van der Waals surface area (Å²) in [6.45, 7) is 0. The zero-order valence-corrected chi connectivity index (χ0v) is 9.96. The largest absolute Gasteiger partial charge is 0.573 e. The summed E-state index contributed by atoms with van der Waals surface area (Å²) in [4.78, 5) is 0.958. The van der Waals surface area contributed by atoms with Crippen molar-refractivity contribution in [3.8, 4) is 5.75 Å². The molecular weight excluding hydrogens is 263 g/mol. The third kappa shape index (κ3) is 3.24. The molecule has 1 aromatic heterocycles. The monoisotopic (exact) mass is 273 g/mol. The smallest absolute Gasteiger partial charge is 0.406 e.